The van der Waals surface area contributed by atoms with Gasteiger partial charge in [0.05, 0.1) is 6.54 Å². The number of rotatable bonds is 8. The Bertz CT molecular complexity index is 229. The molecule has 0 aromatic rings. The lowest BCUT2D eigenvalue weighted by atomic mass is 10.1. The first-order chi connectivity index (χ1) is 7.41. The summed E-state index contributed by atoms with van der Waals surface area (Å²) in [5, 5.41) is 14.3. The molecule has 16 heavy (non-hydrogen) atoms. The molecule has 0 aliphatic carbocycles. The monoisotopic (exact) mass is 230 g/mol. The number of carboxylic acids is 1. The number of hydrogen-bond acceptors (Lipinski definition) is 3. The Morgan fingerprint density at radius 2 is 1.88 bits per heavy atom. The molecule has 0 spiro atoms. The molecule has 0 fully saturated rings. The van der Waals surface area contributed by atoms with Crippen LogP contribution in [0.1, 0.15) is 40.0 Å². The van der Waals surface area contributed by atoms with Crippen molar-refractivity contribution in [1.82, 2.24) is 10.6 Å². The van der Waals surface area contributed by atoms with Crippen molar-refractivity contribution < 1.29 is 14.7 Å². The summed E-state index contributed by atoms with van der Waals surface area (Å²) in [6, 6.07) is 0.314. The van der Waals surface area contributed by atoms with E-state index in [9.17, 15) is 9.59 Å². The van der Waals surface area contributed by atoms with Crippen LogP contribution >= 0.6 is 0 Å². The summed E-state index contributed by atoms with van der Waals surface area (Å²) in [4.78, 5) is 21.6. The first kappa shape index (κ1) is 14.9. The number of carbonyl (C=O) groups is 2. The second kappa shape index (κ2) is 8.10. The van der Waals surface area contributed by atoms with Crippen LogP contribution in [0.2, 0.25) is 0 Å². The van der Waals surface area contributed by atoms with E-state index in [1.807, 2.05) is 20.8 Å². The Hall–Kier alpha value is -1.10. The van der Waals surface area contributed by atoms with Crippen molar-refractivity contribution in [1.29, 1.82) is 0 Å². The fourth-order valence-electron chi connectivity index (χ4n) is 1.25. The van der Waals surface area contributed by atoms with E-state index in [4.69, 9.17) is 5.11 Å². The Morgan fingerprint density at radius 3 is 2.38 bits per heavy atom. The third-order valence-electron chi connectivity index (χ3n) is 2.11. The Labute approximate surface area is 96.6 Å². The maximum absolute atomic E-state index is 11.4. The quantitative estimate of drug-likeness (QED) is 0.575. The molecule has 0 saturated carbocycles. The molecular formula is C11H22N2O3. The van der Waals surface area contributed by atoms with Crippen molar-refractivity contribution in [3.8, 4) is 0 Å². The average Bonchev–Trinajstić information content (AvgIpc) is 2.14. The highest BCUT2D eigenvalue weighted by atomic mass is 16.4. The number of aliphatic carboxylic acids is 1. The van der Waals surface area contributed by atoms with E-state index in [-0.39, 0.29) is 24.4 Å². The summed E-state index contributed by atoms with van der Waals surface area (Å²) < 4.78 is 0. The zero-order valence-electron chi connectivity index (χ0n) is 10.2. The van der Waals surface area contributed by atoms with Crippen LogP contribution in [0, 0.1) is 0 Å². The van der Waals surface area contributed by atoms with Crippen molar-refractivity contribution in [3.05, 3.63) is 0 Å². The lowest BCUT2D eigenvalue weighted by Gasteiger charge is -2.14. The van der Waals surface area contributed by atoms with Gasteiger partial charge >= 0.3 is 5.97 Å². The summed E-state index contributed by atoms with van der Waals surface area (Å²) in [7, 11) is 0. The molecule has 0 aliphatic heterocycles. The van der Waals surface area contributed by atoms with Gasteiger partial charge in [0.25, 0.3) is 0 Å². The molecule has 0 bridgehead atoms. The van der Waals surface area contributed by atoms with Crippen molar-refractivity contribution in [2.45, 2.75) is 52.1 Å². The molecule has 5 heteroatoms. The van der Waals surface area contributed by atoms with Crippen LogP contribution in [0.25, 0.3) is 0 Å². The predicted molar refractivity (Wildman–Crippen MR) is 62.2 cm³/mol. The van der Waals surface area contributed by atoms with E-state index in [0.29, 0.717) is 19.4 Å². The molecule has 0 rings (SSSR count). The summed E-state index contributed by atoms with van der Waals surface area (Å²) in [6.07, 6.45) is 1.44. The largest absolute Gasteiger partial charge is 0.481 e. The van der Waals surface area contributed by atoms with Gasteiger partial charge in [0.15, 0.2) is 0 Å². The summed E-state index contributed by atoms with van der Waals surface area (Å²) in [6.45, 7) is 6.14. The van der Waals surface area contributed by atoms with E-state index >= 15 is 0 Å². The van der Waals surface area contributed by atoms with Crippen LogP contribution in [0.3, 0.4) is 0 Å². The van der Waals surface area contributed by atoms with Crippen molar-refractivity contribution in [2.75, 3.05) is 6.54 Å². The van der Waals surface area contributed by atoms with Gasteiger partial charge in [-0.3, -0.25) is 9.59 Å². The molecule has 0 saturated heterocycles. The standard InChI is InChI=1S/C11H22N2O3/c1-8(2)12-7-10(14)13-9(3)5-4-6-11(15)16/h8-9,12H,4-7H2,1-3H3,(H,13,14)(H,15,16). The molecule has 0 aromatic carbocycles. The van der Waals surface area contributed by atoms with Gasteiger partial charge in [0.2, 0.25) is 5.91 Å². The summed E-state index contributed by atoms with van der Waals surface area (Å²) in [5.41, 5.74) is 0. The van der Waals surface area contributed by atoms with Crippen LogP contribution in [0.5, 0.6) is 0 Å². The van der Waals surface area contributed by atoms with Crippen LogP contribution in [-0.4, -0.2) is 35.6 Å². The van der Waals surface area contributed by atoms with E-state index in [0.717, 1.165) is 0 Å². The first-order valence-corrected chi connectivity index (χ1v) is 5.66. The summed E-state index contributed by atoms with van der Waals surface area (Å²) >= 11 is 0. The third kappa shape index (κ3) is 9.45. The maximum atomic E-state index is 11.4. The van der Waals surface area contributed by atoms with Crippen LogP contribution in [-0.2, 0) is 9.59 Å². The molecule has 0 radical (unpaired) electrons. The molecule has 1 atom stereocenters. The topological polar surface area (TPSA) is 78.4 Å². The lowest BCUT2D eigenvalue weighted by Crippen LogP contribution is -2.40. The molecular weight excluding hydrogens is 208 g/mol. The fraction of sp³-hybridized carbons (Fsp3) is 0.818. The van der Waals surface area contributed by atoms with Gasteiger partial charge in [-0.15, -0.1) is 0 Å². The smallest absolute Gasteiger partial charge is 0.303 e. The van der Waals surface area contributed by atoms with Gasteiger partial charge < -0.3 is 15.7 Å². The van der Waals surface area contributed by atoms with E-state index in [2.05, 4.69) is 10.6 Å². The van der Waals surface area contributed by atoms with Crippen LogP contribution < -0.4 is 10.6 Å². The maximum Gasteiger partial charge on any atom is 0.303 e. The van der Waals surface area contributed by atoms with Gasteiger partial charge in [-0.1, -0.05) is 13.8 Å². The van der Waals surface area contributed by atoms with Gasteiger partial charge in [-0.25, -0.2) is 0 Å². The van der Waals surface area contributed by atoms with E-state index in [1.54, 1.807) is 0 Å². The number of amides is 1. The lowest BCUT2D eigenvalue weighted by molar-refractivity contribution is -0.137. The van der Waals surface area contributed by atoms with Gasteiger partial charge in [0.1, 0.15) is 0 Å². The first-order valence-electron chi connectivity index (χ1n) is 5.66. The molecule has 0 aliphatic rings. The summed E-state index contributed by atoms with van der Waals surface area (Å²) in [5.74, 6) is -0.837. The van der Waals surface area contributed by atoms with Crippen LogP contribution in [0.4, 0.5) is 0 Å². The molecule has 1 unspecified atom stereocenters. The van der Waals surface area contributed by atoms with Crippen molar-refractivity contribution in [2.24, 2.45) is 0 Å². The minimum Gasteiger partial charge on any atom is -0.481 e. The molecule has 5 nitrogen and oxygen atoms in total. The Morgan fingerprint density at radius 1 is 1.25 bits per heavy atom. The highest BCUT2D eigenvalue weighted by Crippen LogP contribution is 2.00. The SMILES string of the molecule is CC(C)NCC(=O)NC(C)CCCC(=O)O. The van der Waals surface area contributed by atoms with Crippen LogP contribution in [0.15, 0.2) is 0 Å². The van der Waals surface area contributed by atoms with Gasteiger partial charge in [-0.2, -0.15) is 0 Å². The predicted octanol–water partition coefficient (Wildman–Crippen LogP) is 0.744. The Balaban J connectivity index is 3.57. The number of carbonyl (C=O) groups excluding carboxylic acids is 1. The minimum atomic E-state index is -0.792. The second-order valence-corrected chi connectivity index (χ2v) is 4.29. The third-order valence-corrected chi connectivity index (χ3v) is 2.11. The van der Waals surface area contributed by atoms with Gasteiger partial charge in [0, 0.05) is 18.5 Å². The molecule has 0 heterocycles. The number of carboxylic acid groups (broad SMARTS) is 1. The zero-order valence-corrected chi connectivity index (χ0v) is 10.2. The molecule has 94 valence electrons. The van der Waals surface area contributed by atoms with E-state index < -0.39 is 5.97 Å². The highest BCUT2D eigenvalue weighted by molar-refractivity contribution is 5.78. The van der Waals surface area contributed by atoms with Crippen molar-refractivity contribution in [3.63, 3.8) is 0 Å². The minimum absolute atomic E-state index is 0.0285. The molecule has 3 N–H and O–H groups in total. The normalized spacial score (nSPS) is 12.5. The Kier molecular flexibility index (Phi) is 7.54. The fourth-order valence-corrected chi connectivity index (χ4v) is 1.25. The number of hydrogen-bond donors (Lipinski definition) is 3. The van der Waals surface area contributed by atoms with E-state index in [1.165, 1.54) is 0 Å². The average molecular weight is 230 g/mol. The van der Waals surface area contributed by atoms with Gasteiger partial charge in [-0.05, 0) is 19.8 Å². The highest BCUT2D eigenvalue weighted by Gasteiger charge is 2.08. The second-order valence-electron chi connectivity index (χ2n) is 4.29. The molecule has 0 aromatic heterocycles. The van der Waals surface area contributed by atoms with Crippen molar-refractivity contribution >= 4 is 11.9 Å². The number of nitrogens with one attached hydrogen (secondary N) is 2. The zero-order chi connectivity index (χ0) is 12.6. The molecule has 1 amide bonds.